The third kappa shape index (κ3) is 12.0. The molecule has 6 rings (SSSR count). The number of benzene rings is 4. The molecule has 2 aliphatic rings. The second-order valence-electron chi connectivity index (χ2n) is 17.2. The van der Waals surface area contributed by atoms with Gasteiger partial charge in [-0.2, -0.15) is 0 Å². The van der Waals surface area contributed by atoms with E-state index in [0.717, 1.165) is 22.3 Å². The van der Waals surface area contributed by atoms with Crippen molar-refractivity contribution in [1.29, 1.82) is 0 Å². The SMILES string of the molecule is CC(C)(C)O[C@@H]1C[C@@H](C(=O)Nc2ccc(C=Cc3ccc(NC(=O)[C@@H]4C[C@@H](OC(C)(C)C)CN4C(=O)Cc4ccccc4)cc3)cc2)N(C(=O)Cc2ccccc2)C1. The van der Waals surface area contributed by atoms with E-state index in [2.05, 4.69) is 10.6 Å². The largest absolute Gasteiger partial charge is 0.371 e. The third-order valence-electron chi connectivity index (χ3n) is 10.0. The summed E-state index contributed by atoms with van der Waals surface area (Å²) in [7, 11) is 0. The van der Waals surface area contributed by atoms with E-state index < -0.39 is 23.3 Å². The lowest BCUT2D eigenvalue weighted by Crippen LogP contribution is -2.44. The number of hydrogen-bond donors (Lipinski definition) is 2. The van der Waals surface area contributed by atoms with Crippen molar-refractivity contribution < 1.29 is 28.7 Å². The van der Waals surface area contributed by atoms with Crippen LogP contribution in [0, 0.1) is 0 Å². The van der Waals surface area contributed by atoms with Gasteiger partial charge < -0.3 is 29.9 Å². The van der Waals surface area contributed by atoms with Crippen LogP contribution in [0.5, 0.6) is 0 Å². The van der Waals surface area contributed by atoms with Gasteiger partial charge in [0.1, 0.15) is 12.1 Å². The molecular formula is C48H56N4O6. The minimum atomic E-state index is -0.644. The lowest BCUT2D eigenvalue weighted by molar-refractivity contribution is -0.136. The molecule has 10 nitrogen and oxygen atoms in total. The predicted octanol–water partition coefficient (Wildman–Crippen LogP) is 7.79. The van der Waals surface area contributed by atoms with Crippen molar-refractivity contribution in [3.8, 4) is 0 Å². The number of nitrogens with one attached hydrogen (secondary N) is 2. The fourth-order valence-corrected chi connectivity index (χ4v) is 7.56. The summed E-state index contributed by atoms with van der Waals surface area (Å²) in [6.45, 7) is 12.6. The van der Waals surface area contributed by atoms with Crippen LogP contribution >= 0.6 is 0 Å². The first kappa shape index (κ1) is 42.0. The number of carbonyl (C=O) groups is 4. The van der Waals surface area contributed by atoms with Crippen LogP contribution in [0.3, 0.4) is 0 Å². The molecule has 0 saturated carbocycles. The quantitative estimate of drug-likeness (QED) is 0.142. The molecule has 0 aromatic heterocycles. The second kappa shape index (κ2) is 18.3. The van der Waals surface area contributed by atoms with E-state index in [-0.39, 0.29) is 48.7 Å². The highest BCUT2D eigenvalue weighted by atomic mass is 16.5. The Kier molecular flexibility index (Phi) is 13.3. The van der Waals surface area contributed by atoms with Crippen molar-refractivity contribution in [2.75, 3.05) is 23.7 Å². The minimum Gasteiger partial charge on any atom is -0.371 e. The number of carbonyl (C=O) groups excluding carboxylic acids is 4. The van der Waals surface area contributed by atoms with Gasteiger partial charge in [-0.05, 0) is 88.1 Å². The first-order chi connectivity index (χ1) is 27.6. The Bertz CT molecular complexity index is 1900. The van der Waals surface area contributed by atoms with Gasteiger partial charge in [-0.3, -0.25) is 19.2 Å². The Labute approximate surface area is 342 Å². The number of likely N-dealkylation sites (tertiary alicyclic amines) is 2. The van der Waals surface area contributed by atoms with E-state index in [0.29, 0.717) is 37.3 Å². The normalized spacial score (nSPS) is 19.7. The van der Waals surface area contributed by atoms with E-state index in [1.54, 1.807) is 9.80 Å². The first-order valence-corrected chi connectivity index (χ1v) is 20.1. The summed E-state index contributed by atoms with van der Waals surface area (Å²) < 4.78 is 12.4. The maximum Gasteiger partial charge on any atom is 0.247 e. The topological polar surface area (TPSA) is 117 Å². The lowest BCUT2D eigenvalue weighted by atomic mass is 10.1. The predicted molar refractivity (Wildman–Crippen MR) is 229 cm³/mol. The molecule has 0 aliphatic carbocycles. The minimum absolute atomic E-state index is 0.103. The van der Waals surface area contributed by atoms with Gasteiger partial charge in [0.2, 0.25) is 23.6 Å². The van der Waals surface area contributed by atoms with Gasteiger partial charge in [0.25, 0.3) is 0 Å². The zero-order valence-corrected chi connectivity index (χ0v) is 34.4. The van der Waals surface area contributed by atoms with Gasteiger partial charge in [-0.15, -0.1) is 0 Å². The van der Waals surface area contributed by atoms with E-state index in [1.165, 1.54) is 0 Å². The first-order valence-electron chi connectivity index (χ1n) is 20.1. The van der Waals surface area contributed by atoms with Crippen molar-refractivity contribution in [2.45, 2.75) is 103 Å². The Morgan fingerprint density at radius 3 is 1.22 bits per heavy atom. The average Bonchev–Trinajstić information content (AvgIpc) is 3.79. The average molecular weight is 785 g/mol. The van der Waals surface area contributed by atoms with Crippen LogP contribution in [-0.2, 0) is 41.5 Å². The molecule has 58 heavy (non-hydrogen) atoms. The van der Waals surface area contributed by atoms with Gasteiger partial charge in [0, 0.05) is 37.3 Å². The molecule has 304 valence electrons. The molecule has 0 unspecified atom stereocenters. The Balaban J connectivity index is 1.04. The standard InChI is InChI=1S/C48H56N4O6/c1-47(2,3)57-39-29-41(51(31-39)43(53)27-35-13-9-7-10-14-35)45(55)49-37-23-19-33(20-24-37)17-18-34-21-25-38(26-22-34)50-46(56)42-30-40(58-48(4,5)6)32-52(42)44(54)28-36-15-11-8-12-16-36/h7-26,39-42H,27-32H2,1-6H3,(H,49,55)(H,50,56)/t39-,40-,41+,42+/m1/s1. The molecular weight excluding hydrogens is 729 g/mol. The maximum atomic E-state index is 13.6. The van der Waals surface area contributed by atoms with Crippen LogP contribution in [-0.4, -0.2) is 82.0 Å². The monoisotopic (exact) mass is 784 g/mol. The van der Waals surface area contributed by atoms with Gasteiger partial charge in [-0.1, -0.05) is 97.1 Å². The van der Waals surface area contributed by atoms with Crippen molar-refractivity contribution in [2.24, 2.45) is 0 Å². The molecule has 4 aromatic rings. The summed E-state index contributed by atoms with van der Waals surface area (Å²) in [5, 5.41) is 6.03. The van der Waals surface area contributed by atoms with Gasteiger partial charge in [0.15, 0.2) is 0 Å². The molecule has 0 spiro atoms. The number of hydrogen-bond acceptors (Lipinski definition) is 6. The zero-order chi connectivity index (χ0) is 41.5. The fourth-order valence-electron chi connectivity index (χ4n) is 7.56. The van der Waals surface area contributed by atoms with Crippen molar-refractivity contribution in [3.05, 3.63) is 131 Å². The second-order valence-corrected chi connectivity index (χ2v) is 17.2. The molecule has 2 aliphatic heterocycles. The van der Waals surface area contributed by atoms with Crippen LogP contribution in [0.4, 0.5) is 11.4 Å². The highest BCUT2D eigenvalue weighted by molar-refractivity contribution is 5.99. The summed E-state index contributed by atoms with van der Waals surface area (Å²) in [6.07, 6.45) is 4.74. The number of ether oxygens (including phenoxy) is 2. The van der Waals surface area contributed by atoms with Crippen LogP contribution in [0.1, 0.15) is 76.6 Å². The van der Waals surface area contributed by atoms with E-state index >= 15 is 0 Å². The van der Waals surface area contributed by atoms with Crippen molar-refractivity contribution in [1.82, 2.24) is 9.80 Å². The summed E-state index contributed by atoms with van der Waals surface area (Å²) in [6, 6.07) is 32.9. The van der Waals surface area contributed by atoms with E-state index in [1.807, 2.05) is 163 Å². The summed E-state index contributed by atoms with van der Waals surface area (Å²) in [4.78, 5) is 57.4. The molecule has 4 atom stereocenters. The third-order valence-corrected chi connectivity index (χ3v) is 10.0. The molecule has 0 bridgehead atoms. The Morgan fingerprint density at radius 1 is 0.552 bits per heavy atom. The molecule has 2 saturated heterocycles. The van der Waals surface area contributed by atoms with E-state index in [9.17, 15) is 19.2 Å². The molecule has 2 N–H and O–H groups in total. The molecule has 4 amide bonds. The molecule has 0 radical (unpaired) electrons. The molecule has 2 fully saturated rings. The van der Waals surface area contributed by atoms with Crippen LogP contribution in [0.25, 0.3) is 12.2 Å². The molecule has 10 heteroatoms. The van der Waals surface area contributed by atoms with Crippen LogP contribution in [0.15, 0.2) is 109 Å². The highest BCUT2D eigenvalue weighted by Gasteiger charge is 2.42. The summed E-state index contributed by atoms with van der Waals surface area (Å²) in [5.41, 5.74) is 4.14. The number of rotatable bonds is 12. The van der Waals surface area contributed by atoms with Gasteiger partial charge in [0.05, 0.1) is 36.3 Å². The fraction of sp³-hybridized carbons (Fsp3) is 0.375. The maximum absolute atomic E-state index is 13.6. The summed E-state index contributed by atoms with van der Waals surface area (Å²) in [5.74, 6) is -0.689. The van der Waals surface area contributed by atoms with E-state index in [4.69, 9.17) is 9.47 Å². The van der Waals surface area contributed by atoms with Crippen LogP contribution < -0.4 is 10.6 Å². The Morgan fingerprint density at radius 2 is 0.897 bits per heavy atom. The smallest absolute Gasteiger partial charge is 0.247 e. The van der Waals surface area contributed by atoms with Gasteiger partial charge in [-0.25, -0.2) is 0 Å². The molecule has 4 aromatic carbocycles. The van der Waals surface area contributed by atoms with Crippen molar-refractivity contribution in [3.63, 3.8) is 0 Å². The zero-order valence-electron chi connectivity index (χ0n) is 34.4. The van der Waals surface area contributed by atoms with Crippen molar-refractivity contribution >= 4 is 47.2 Å². The summed E-state index contributed by atoms with van der Waals surface area (Å²) >= 11 is 0. The van der Waals surface area contributed by atoms with Crippen LogP contribution in [0.2, 0.25) is 0 Å². The number of amides is 4. The lowest BCUT2D eigenvalue weighted by Gasteiger charge is -2.25. The molecule has 2 heterocycles. The van der Waals surface area contributed by atoms with Gasteiger partial charge >= 0.3 is 0 Å². The number of anilines is 2. The Hall–Kier alpha value is -5.58. The number of nitrogens with zero attached hydrogens (tertiary/aromatic N) is 2. The highest BCUT2D eigenvalue weighted by Crippen LogP contribution is 2.29.